The molecule has 4 N–H and O–H groups in total. The molecule has 0 aliphatic heterocycles. The van der Waals surface area contributed by atoms with Crippen molar-refractivity contribution in [1.29, 1.82) is 0 Å². The van der Waals surface area contributed by atoms with E-state index in [2.05, 4.69) is 37.9 Å². The van der Waals surface area contributed by atoms with E-state index in [1.54, 1.807) is 6.92 Å². The number of aromatic amines is 1. The highest BCUT2D eigenvalue weighted by Crippen LogP contribution is 2.44. The topological polar surface area (TPSA) is 146 Å². The number of carboxylic acids is 1. The quantitative estimate of drug-likeness (QED) is 0.356. The molecule has 1 heterocycles. The molecule has 0 saturated carbocycles. The number of H-pyrrole nitrogens is 1. The zero-order valence-corrected chi connectivity index (χ0v) is 18.6. The monoisotopic (exact) mass is 463 g/mol. The first-order valence-electron chi connectivity index (χ1n) is 11.0. The number of carbonyl (C=O) groups is 3. The SMILES string of the molecule is CC(CCCNC(=O)c1nc(NC(=O)OCC2c3ccccc3-c3ccccc32)n[nH]1)C(=O)O. The lowest BCUT2D eigenvalue weighted by atomic mass is 9.98. The number of hydrogen-bond donors (Lipinski definition) is 4. The van der Waals surface area contributed by atoms with Crippen LogP contribution in [0.15, 0.2) is 48.5 Å². The van der Waals surface area contributed by atoms with Crippen LogP contribution in [0.4, 0.5) is 10.7 Å². The molecule has 1 aliphatic rings. The maximum absolute atomic E-state index is 12.3. The molecule has 2 amide bonds. The molecule has 0 bridgehead atoms. The lowest BCUT2D eigenvalue weighted by Crippen LogP contribution is -2.26. The summed E-state index contributed by atoms with van der Waals surface area (Å²) in [5, 5.41) is 20.2. The molecule has 176 valence electrons. The first kappa shape index (κ1) is 23.0. The molecular formula is C24H25N5O5. The van der Waals surface area contributed by atoms with E-state index in [1.165, 1.54) is 0 Å². The standard InChI is InChI=1S/C24H25N5O5/c1-14(22(31)32)7-6-12-25-21(30)20-26-23(29-28-20)27-24(33)34-13-19-17-10-4-2-8-15(17)16-9-3-5-11-18(16)19/h2-5,8-11,14,19H,6-7,12-13H2,1H3,(H,25,30)(H,31,32)(H2,26,27,28,29,33). The van der Waals surface area contributed by atoms with Gasteiger partial charge >= 0.3 is 12.1 Å². The Bertz CT molecular complexity index is 1160. The van der Waals surface area contributed by atoms with E-state index in [-0.39, 0.29) is 24.3 Å². The zero-order valence-electron chi connectivity index (χ0n) is 18.6. The number of aliphatic carboxylic acids is 1. The van der Waals surface area contributed by atoms with Crippen LogP contribution in [0.3, 0.4) is 0 Å². The van der Waals surface area contributed by atoms with E-state index in [9.17, 15) is 14.4 Å². The van der Waals surface area contributed by atoms with Gasteiger partial charge in [-0.25, -0.2) is 4.79 Å². The zero-order chi connectivity index (χ0) is 24.1. The highest BCUT2D eigenvalue weighted by molar-refractivity contribution is 5.91. The third-order valence-corrected chi connectivity index (χ3v) is 5.78. The van der Waals surface area contributed by atoms with Crippen LogP contribution in [0, 0.1) is 5.92 Å². The van der Waals surface area contributed by atoms with E-state index in [1.807, 2.05) is 36.4 Å². The third kappa shape index (κ3) is 5.06. The molecular weight excluding hydrogens is 438 g/mol. The molecule has 0 fully saturated rings. The molecule has 0 radical (unpaired) electrons. The van der Waals surface area contributed by atoms with Gasteiger partial charge < -0.3 is 15.2 Å². The summed E-state index contributed by atoms with van der Waals surface area (Å²) in [4.78, 5) is 39.3. The fourth-order valence-corrected chi connectivity index (χ4v) is 3.96. The van der Waals surface area contributed by atoms with E-state index in [0.29, 0.717) is 19.4 Å². The van der Waals surface area contributed by atoms with Gasteiger partial charge in [-0.1, -0.05) is 55.5 Å². The number of aromatic nitrogens is 3. The van der Waals surface area contributed by atoms with E-state index >= 15 is 0 Å². The minimum atomic E-state index is -0.870. The lowest BCUT2D eigenvalue weighted by molar-refractivity contribution is -0.141. The average molecular weight is 463 g/mol. The third-order valence-electron chi connectivity index (χ3n) is 5.78. The van der Waals surface area contributed by atoms with Crippen molar-refractivity contribution in [2.75, 3.05) is 18.5 Å². The Balaban J connectivity index is 1.28. The van der Waals surface area contributed by atoms with Gasteiger partial charge in [0.2, 0.25) is 5.82 Å². The van der Waals surface area contributed by atoms with Crippen LogP contribution in [0.5, 0.6) is 0 Å². The van der Waals surface area contributed by atoms with Gasteiger partial charge in [-0.3, -0.25) is 20.0 Å². The molecule has 1 aliphatic carbocycles. The molecule has 0 saturated heterocycles. The van der Waals surface area contributed by atoms with Crippen molar-refractivity contribution in [2.24, 2.45) is 5.92 Å². The van der Waals surface area contributed by atoms with Crippen LogP contribution in [0.2, 0.25) is 0 Å². The second-order valence-electron chi connectivity index (χ2n) is 8.10. The van der Waals surface area contributed by atoms with E-state index in [0.717, 1.165) is 22.3 Å². The van der Waals surface area contributed by atoms with Gasteiger partial charge in [0.25, 0.3) is 11.9 Å². The van der Waals surface area contributed by atoms with Crippen molar-refractivity contribution in [2.45, 2.75) is 25.7 Å². The number of amides is 2. The van der Waals surface area contributed by atoms with Crippen molar-refractivity contribution >= 4 is 23.9 Å². The van der Waals surface area contributed by atoms with Crippen molar-refractivity contribution in [3.8, 4) is 11.1 Å². The van der Waals surface area contributed by atoms with Gasteiger partial charge in [0, 0.05) is 12.5 Å². The summed E-state index contributed by atoms with van der Waals surface area (Å²) in [6.07, 6.45) is 0.231. The number of fused-ring (bicyclic) bond motifs is 3. The maximum Gasteiger partial charge on any atom is 0.414 e. The molecule has 1 aromatic heterocycles. The predicted octanol–water partition coefficient (Wildman–Crippen LogP) is 3.40. The summed E-state index contributed by atoms with van der Waals surface area (Å²) >= 11 is 0. The lowest BCUT2D eigenvalue weighted by Gasteiger charge is -2.13. The Labute approximate surface area is 195 Å². The number of benzene rings is 2. The fourth-order valence-electron chi connectivity index (χ4n) is 3.96. The number of ether oxygens (including phenoxy) is 1. The first-order chi connectivity index (χ1) is 16.4. The second-order valence-corrected chi connectivity index (χ2v) is 8.10. The number of nitrogens with one attached hydrogen (secondary N) is 3. The predicted molar refractivity (Wildman–Crippen MR) is 123 cm³/mol. The van der Waals surface area contributed by atoms with Crippen LogP contribution in [0.25, 0.3) is 11.1 Å². The minimum Gasteiger partial charge on any atom is -0.481 e. The van der Waals surface area contributed by atoms with Gasteiger partial charge in [0.1, 0.15) is 6.61 Å². The summed E-state index contributed by atoms with van der Waals surface area (Å²) in [6, 6.07) is 16.1. The number of carboxylic acid groups (broad SMARTS) is 1. The summed E-state index contributed by atoms with van der Waals surface area (Å²) < 4.78 is 5.44. The molecule has 0 spiro atoms. The first-order valence-corrected chi connectivity index (χ1v) is 11.0. The summed E-state index contributed by atoms with van der Waals surface area (Å²) in [5.74, 6) is -2.07. The Kier molecular flexibility index (Phi) is 6.86. The van der Waals surface area contributed by atoms with Gasteiger partial charge in [0.15, 0.2) is 0 Å². The molecule has 4 rings (SSSR count). The molecule has 1 unspecified atom stereocenters. The highest BCUT2D eigenvalue weighted by Gasteiger charge is 2.29. The molecule has 1 atom stereocenters. The Morgan fingerprint density at radius 1 is 1.09 bits per heavy atom. The van der Waals surface area contributed by atoms with E-state index < -0.39 is 23.9 Å². The van der Waals surface area contributed by atoms with Crippen LogP contribution in [-0.4, -0.2) is 51.4 Å². The normalized spacial score (nSPS) is 13.0. The number of carbonyl (C=O) groups excluding carboxylic acids is 2. The Morgan fingerprint density at radius 2 is 1.74 bits per heavy atom. The van der Waals surface area contributed by atoms with Crippen LogP contribution < -0.4 is 10.6 Å². The van der Waals surface area contributed by atoms with Crippen LogP contribution >= 0.6 is 0 Å². The van der Waals surface area contributed by atoms with Gasteiger partial charge in [-0.15, -0.1) is 5.10 Å². The minimum absolute atomic E-state index is 0.0692. The summed E-state index contributed by atoms with van der Waals surface area (Å²) in [5.41, 5.74) is 4.47. The van der Waals surface area contributed by atoms with Crippen molar-refractivity contribution in [3.05, 3.63) is 65.5 Å². The summed E-state index contributed by atoms with van der Waals surface area (Å²) in [7, 11) is 0. The molecule has 10 nitrogen and oxygen atoms in total. The Morgan fingerprint density at radius 3 is 2.38 bits per heavy atom. The molecule has 34 heavy (non-hydrogen) atoms. The van der Waals surface area contributed by atoms with Gasteiger partial charge in [-0.05, 0) is 35.1 Å². The smallest absolute Gasteiger partial charge is 0.414 e. The number of anilines is 1. The van der Waals surface area contributed by atoms with E-state index in [4.69, 9.17) is 9.84 Å². The van der Waals surface area contributed by atoms with Crippen LogP contribution in [0.1, 0.15) is 47.4 Å². The average Bonchev–Trinajstić information content (AvgIpc) is 3.43. The second kappa shape index (κ2) is 10.2. The molecule has 2 aromatic carbocycles. The van der Waals surface area contributed by atoms with Gasteiger partial charge in [-0.2, -0.15) is 4.98 Å². The molecule has 3 aromatic rings. The maximum atomic E-state index is 12.3. The van der Waals surface area contributed by atoms with Crippen molar-refractivity contribution in [3.63, 3.8) is 0 Å². The number of nitrogens with zero attached hydrogens (tertiary/aromatic N) is 2. The Hall–Kier alpha value is -4.21. The number of rotatable bonds is 9. The molecule has 10 heteroatoms. The fraction of sp³-hybridized carbons (Fsp3) is 0.292. The largest absolute Gasteiger partial charge is 0.481 e. The van der Waals surface area contributed by atoms with Crippen molar-refractivity contribution < 1.29 is 24.2 Å². The van der Waals surface area contributed by atoms with Crippen molar-refractivity contribution in [1.82, 2.24) is 20.5 Å². The van der Waals surface area contributed by atoms with Crippen LogP contribution in [-0.2, 0) is 9.53 Å². The van der Waals surface area contributed by atoms with Gasteiger partial charge in [0.05, 0.1) is 5.92 Å². The summed E-state index contributed by atoms with van der Waals surface area (Å²) in [6.45, 7) is 2.06. The highest BCUT2D eigenvalue weighted by atomic mass is 16.5. The number of hydrogen-bond acceptors (Lipinski definition) is 6.